The number of morpholine rings is 1. The number of amides is 1. The number of ether oxygens (including phenoxy) is 1. The fourth-order valence-corrected chi connectivity index (χ4v) is 3.79. The monoisotopic (exact) mass is 375 g/mol. The lowest BCUT2D eigenvalue weighted by Gasteiger charge is -2.29. The minimum atomic E-state index is -3.68. The maximum atomic E-state index is 12.4. The highest BCUT2D eigenvalue weighted by Crippen LogP contribution is 2.20. The van der Waals surface area contributed by atoms with E-state index in [-0.39, 0.29) is 16.9 Å². The van der Waals surface area contributed by atoms with E-state index < -0.39 is 16.1 Å². The molecule has 0 saturated carbocycles. The van der Waals surface area contributed by atoms with E-state index in [1.807, 2.05) is 6.92 Å². The van der Waals surface area contributed by atoms with E-state index in [1.165, 1.54) is 12.1 Å². The molecule has 1 saturated heterocycles. The third-order valence-electron chi connectivity index (χ3n) is 4.03. The van der Waals surface area contributed by atoms with Crippen molar-refractivity contribution in [3.63, 3.8) is 0 Å². The summed E-state index contributed by atoms with van der Waals surface area (Å²) in [7, 11) is -3.68. The Morgan fingerprint density at radius 1 is 1.12 bits per heavy atom. The summed E-state index contributed by atoms with van der Waals surface area (Å²) in [5, 5.41) is 5.91. The number of sulfonamides is 1. The summed E-state index contributed by atoms with van der Waals surface area (Å²) in [6.45, 7) is 3.02. The van der Waals surface area contributed by atoms with Crippen molar-refractivity contribution in [1.29, 1.82) is 0 Å². The predicted octanol–water partition coefficient (Wildman–Crippen LogP) is 1.80. The molecule has 26 heavy (non-hydrogen) atoms. The van der Waals surface area contributed by atoms with Gasteiger partial charge >= 0.3 is 0 Å². The standard InChI is InChI=1S/C18H21N3O4S/c1-13-17(19-10-11-25-13)18(22)20-14-6-5-7-15(12-14)21-26(23,24)16-8-3-2-4-9-16/h2-9,12-13,17,19,21H,10-11H2,1H3,(H,20,22)/t13-,17+/m1/s1. The third-order valence-corrected chi connectivity index (χ3v) is 5.43. The summed E-state index contributed by atoms with van der Waals surface area (Å²) >= 11 is 0. The average molecular weight is 375 g/mol. The van der Waals surface area contributed by atoms with Crippen molar-refractivity contribution in [1.82, 2.24) is 5.32 Å². The molecule has 1 heterocycles. The normalized spacial score (nSPS) is 20.3. The largest absolute Gasteiger partial charge is 0.375 e. The highest BCUT2D eigenvalue weighted by Gasteiger charge is 2.28. The lowest BCUT2D eigenvalue weighted by atomic mass is 10.1. The topological polar surface area (TPSA) is 96.5 Å². The molecule has 0 aliphatic carbocycles. The second-order valence-electron chi connectivity index (χ2n) is 6.00. The number of hydrogen-bond donors (Lipinski definition) is 3. The minimum Gasteiger partial charge on any atom is -0.375 e. The van der Waals surface area contributed by atoms with Gasteiger partial charge in [-0.05, 0) is 37.3 Å². The van der Waals surface area contributed by atoms with Crippen LogP contribution in [0.15, 0.2) is 59.5 Å². The van der Waals surface area contributed by atoms with Crippen LogP contribution in [-0.2, 0) is 19.6 Å². The van der Waals surface area contributed by atoms with Gasteiger partial charge in [0, 0.05) is 12.2 Å². The Bertz CT molecular complexity index is 871. The maximum absolute atomic E-state index is 12.4. The van der Waals surface area contributed by atoms with Crippen LogP contribution in [0.25, 0.3) is 0 Å². The molecule has 8 heteroatoms. The molecule has 138 valence electrons. The van der Waals surface area contributed by atoms with E-state index in [0.717, 1.165) is 0 Å². The van der Waals surface area contributed by atoms with Crippen molar-refractivity contribution in [2.24, 2.45) is 0 Å². The second-order valence-corrected chi connectivity index (χ2v) is 7.68. The van der Waals surface area contributed by atoms with Crippen LogP contribution in [0.5, 0.6) is 0 Å². The van der Waals surface area contributed by atoms with Gasteiger partial charge in [-0.2, -0.15) is 0 Å². The molecule has 0 spiro atoms. The second kappa shape index (κ2) is 7.86. The first-order valence-electron chi connectivity index (χ1n) is 8.29. The van der Waals surface area contributed by atoms with Crippen molar-refractivity contribution in [3.05, 3.63) is 54.6 Å². The molecule has 3 rings (SSSR count). The molecule has 0 aromatic heterocycles. The fourth-order valence-electron chi connectivity index (χ4n) is 2.72. The van der Waals surface area contributed by atoms with Crippen molar-refractivity contribution in [2.75, 3.05) is 23.2 Å². The van der Waals surface area contributed by atoms with Gasteiger partial charge in [0.05, 0.1) is 23.3 Å². The van der Waals surface area contributed by atoms with Crippen LogP contribution >= 0.6 is 0 Å². The zero-order valence-corrected chi connectivity index (χ0v) is 15.1. The summed E-state index contributed by atoms with van der Waals surface area (Å²) in [5.74, 6) is -0.222. The molecule has 0 bridgehead atoms. The Labute approximate surface area is 152 Å². The maximum Gasteiger partial charge on any atom is 0.261 e. The van der Waals surface area contributed by atoms with Gasteiger partial charge in [0.2, 0.25) is 5.91 Å². The number of carbonyl (C=O) groups is 1. The Balaban J connectivity index is 1.71. The van der Waals surface area contributed by atoms with Gasteiger partial charge in [-0.25, -0.2) is 8.42 Å². The number of nitrogens with one attached hydrogen (secondary N) is 3. The zero-order valence-electron chi connectivity index (χ0n) is 14.3. The van der Waals surface area contributed by atoms with Crippen LogP contribution < -0.4 is 15.4 Å². The Morgan fingerprint density at radius 2 is 1.85 bits per heavy atom. The molecule has 1 aliphatic rings. The molecule has 0 radical (unpaired) electrons. The number of hydrogen-bond acceptors (Lipinski definition) is 5. The number of anilines is 2. The molecule has 2 aromatic rings. The van der Waals surface area contributed by atoms with Crippen LogP contribution in [0.3, 0.4) is 0 Å². The fraction of sp³-hybridized carbons (Fsp3) is 0.278. The van der Waals surface area contributed by atoms with E-state index in [2.05, 4.69) is 15.4 Å². The smallest absolute Gasteiger partial charge is 0.261 e. The van der Waals surface area contributed by atoms with Gasteiger partial charge in [-0.1, -0.05) is 24.3 Å². The molecule has 2 aromatic carbocycles. The van der Waals surface area contributed by atoms with Crippen molar-refractivity contribution >= 4 is 27.3 Å². The van der Waals surface area contributed by atoms with Crippen LogP contribution in [0.4, 0.5) is 11.4 Å². The Morgan fingerprint density at radius 3 is 2.58 bits per heavy atom. The van der Waals surface area contributed by atoms with Gasteiger partial charge in [0.25, 0.3) is 10.0 Å². The molecule has 1 amide bonds. The lowest BCUT2D eigenvalue weighted by Crippen LogP contribution is -2.53. The van der Waals surface area contributed by atoms with E-state index in [1.54, 1.807) is 42.5 Å². The SMILES string of the molecule is C[C@H]1OCCN[C@@H]1C(=O)Nc1cccc(NS(=O)(=O)c2ccccc2)c1. The molecule has 1 fully saturated rings. The summed E-state index contributed by atoms with van der Waals surface area (Å²) in [6.07, 6.45) is -0.233. The lowest BCUT2D eigenvalue weighted by molar-refractivity contribution is -0.123. The predicted molar refractivity (Wildman–Crippen MR) is 99.5 cm³/mol. The van der Waals surface area contributed by atoms with E-state index in [9.17, 15) is 13.2 Å². The summed E-state index contributed by atoms with van der Waals surface area (Å²) < 4.78 is 32.8. The van der Waals surface area contributed by atoms with Crippen molar-refractivity contribution in [2.45, 2.75) is 24.0 Å². The van der Waals surface area contributed by atoms with Gasteiger partial charge < -0.3 is 15.4 Å². The van der Waals surface area contributed by atoms with Crippen LogP contribution in [0.2, 0.25) is 0 Å². The van der Waals surface area contributed by atoms with E-state index >= 15 is 0 Å². The van der Waals surface area contributed by atoms with Gasteiger partial charge in [0.1, 0.15) is 6.04 Å². The van der Waals surface area contributed by atoms with Crippen LogP contribution in [0.1, 0.15) is 6.92 Å². The molecule has 1 aliphatic heterocycles. The minimum absolute atomic E-state index is 0.173. The molecule has 2 atom stereocenters. The first-order valence-corrected chi connectivity index (χ1v) is 9.78. The molecule has 7 nitrogen and oxygen atoms in total. The summed E-state index contributed by atoms with van der Waals surface area (Å²) in [4.78, 5) is 12.6. The van der Waals surface area contributed by atoms with E-state index in [0.29, 0.717) is 24.5 Å². The van der Waals surface area contributed by atoms with Crippen LogP contribution in [-0.4, -0.2) is 39.6 Å². The van der Waals surface area contributed by atoms with Gasteiger partial charge in [-0.3, -0.25) is 9.52 Å². The van der Waals surface area contributed by atoms with Gasteiger partial charge in [0.15, 0.2) is 0 Å². The summed E-state index contributed by atoms with van der Waals surface area (Å²) in [5.41, 5.74) is 0.871. The first kappa shape index (κ1) is 18.4. The van der Waals surface area contributed by atoms with E-state index in [4.69, 9.17) is 4.74 Å². The number of rotatable bonds is 5. The molecular formula is C18H21N3O4S. The molecular weight excluding hydrogens is 354 g/mol. The zero-order chi connectivity index (χ0) is 18.6. The quantitative estimate of drug-likeness (QED) is 0.741. The number of benzene rings is 2. The highest BCUT2D eigenvalue weighted by molar-refractivity contribution is 7.92. The van der Waals surface area contributed by atoms with Crippen LogP contribution in [0, 0.1) is 0 Å². The highest BCUT2D eigenvalue weighted by atomic mass is 32.2. The first-order chi connectivity index (χ1) is 12.5. The summed E-state index contributed by atoms with van der Waals surface area (Å²) in [6, 6.07) is 14.2. The van der Waals surface area contributed by atoms with Crippen molar-refractivity contribution in [3.8, 4) is 0 Å². The van der Waals surface area contributed by atoms with Gasteiger partial charge in [-0.15, -0.1) is 0 Å². The number of carbonyl (C=O) groups excluding carboxylic acids is 1. The molecule has 3 N–H and O–H groups in total. The molecule has 0 unspecified atom stereocenters. The average Bonchev–Trinajstić information content (AvgIpc) is 2.63. The third kappa shape index (κ3) is 4.40. The Hall–Kier alpha value is -2.42. The Kier molecular flexibility index (Phi) is 5.55. The van der Waals surface area contributed by atoms with Crippen molar-refractivity contribution < 1.29 is 17.9 Å².